The van der Waals surface area contributed by atoms with Crippen LogP contribution in [0.1, 0.15) is 68.3 Å². The summed E-state index contributed by atoms with van der Waals surface area (Å²) < 4.78 is 20.3. The Kier molecular flexibility index (Phi) is 8.71. The van der Waals surface area contributed by atoms with Gasteiger partial charge in [0.25, 0.3) is 5.91 Å². The van der Waals surface area contributed by atoms with E-state index in [0.717, 1.165) is 50.0 Å². The van der Waals surface area contributed by atoms with Crippen LogP contribution in [0, 0.1) is 11.7 Å². The predicted octanol–water partition coefficient (Wildman–Crippen LogP) is 5.50. The number of nitrogens with two attached hydrogens (primary N) is 1. The topological polar surface area (TPSA) is 93.4 Å². The molecule has 3 N–H and O–H groups in total. The quantitative estimate of drug-likeness (QED) is 0.473. The van der Waals surface area contributed by atoms with E-state index in [1.165, 1.54) is 12.1 Å². The van der Waals surface area contributed by atoms with Crippen molar-refractivity contribution in [3.8, 4) is 0 Å². The molecule has 4 atom stereocenters. The molecule has 1 amide bonds. The Morgan fingerprint density at radius 1 is 1.19 bits per heavy atom. The summed E-state index contributed by atoms with van der Waals surface area (Å²) in [5.41, 5.74) is 9.49. The molecular formula is C29H38FN5O2. The van der Waals surface area contributed by atoms with Gasteiger partial charge in [-0.3, -0.25) is 14.8 Å². The normalized spacial score (nSPS) is 23.5. The number of ether oxygens (including phenoxy) is 1. The second-order valence-corrected chi connectivity index (χ2v) is 9.96. The van der Waals surface area contributed by atoms with Crippen molar-refractivity contribution in [2.75, 3.05) is 30.4 Å². The van der Waals surface area contributed by atoms with Crippen molar-refractivity contribution in [1.29, 1.82) is 0 Å². The minimum absolute atomic E-state index is 0.148. The first kappa shape index (κ1) is 26.9. The molecule has 4 unspecified atom stereocenters. The number of halogens is 1. The van der Waals surface area contributed by atoms with Crippen molar-refractivity contribution >= 4 is 28.2 Å². The first-order valence-electron chi connectivity index (χ1n) is 13.3. The monoisotopic (exact) mass is 507 g/mol. The van der Waals surface area contributed by atoms with Crippen molar-refractivity contribution in [2.45, 2.75) is 64.5 Å². The van der Waals surface area contributed by atoms with Gasteiger partial charge in [-0.1, -0.05) is 20.8 Å². The summed E-state index contributed by atoms with van der Waals surface area (Å²) in [5.74, 6) is 0.0441. The molecular weight excluding hydrogens is 469 g/mol. The number of pyridine rings is 2. The number of rotatable bonds is 5. The van der Waals surface area contributed by atoms with Crippen molar-refractivity contribution in [2.24, 2.45) is 11.7 Å². The second kappa shape index (κ2) is 12.0. The number of anilines is 2. The van der Waals surface area contributed by atoms with Crippen LogP contribution >= 0.6 is 0 Å². The summed E-state index contributed by atoms with van der Waals surface area (Å²) in [5, 5.41) is 3.35. The molecule has 1 saturated heterocycles. The number of hydrogen-bond donors (Lipinski definition) is 2. The highest BCUT2D eigenvalue weighted by Crippen LogP contribution is 2.38. The van der Waals surface area contributed by atoms with Crippen LogP contribution < -0.4 is 16.0 Å². The van der Waals surface area contributed by atoms with Gasteiger partial charge in [0.2, 0.25) is 0 Å². The van der Waals surface area contributed by atoms with E-state index in [4.69, 9.17) is 10.5 Å². The van der Waals surface area contributed by atoms with Gasteiger partial charge in [0.15, 0.2) is 0 Å². The van der Waals surface area contributed by atoms with Crippen LogP contribution in [0.3, 0.4) is 0 Å². The Morgan fingerprint density at radius 3 is 2.73 bits per heavy atom. The first-order chi connectivity index (χ1) is 17.9. The van der Waals surface area contributed by atoms with Gasteiger partial charge in [-0.15, -0.1) is 0 Å². The van der Waals surface area contributed by atoms with E-state index in [2.05, 4.69) is 27.1 Å². The third kappa shape index (κ3) is 5.91. The number of benzene rings is 1. The lowest BCUT2D eigenvalue weighted by molar-refractivity contribution is 0.102. The van der Waals surface area contributed by atoms with E-state index < -0.39 is 5.82 Å². The number of amides is 1. The van der Waals surface area contributed by atoms with E-state index in [-0.39, 0.29) is 24.0 Å². The molecule has 8 heteroatoms. The van der Waals surface area contributed by atoms with Crippen LogP contribution in [0.4, 0.5) is 15.8 Å². The summed E-state index contributed by atoms with van der Waals surface area (Å²) in [7, 11) is 1.70. The lowest BCUT2D eigenvalue weighted by Crippen LogP contribution is -2.31. The lowest BCUT2D eigenvalue weighted by atomic mass is 9.76. The molecule has 1 aliphatic carbocycles. The summed E-state index contributed by atoms with van der Waals surface area (Å²) in [6, 6.07) is 6.70. The molecule has 7 nitrogen and oxygen atoms in total. The molecule has 1 saturated carbocycles. The number of aromatic nitrogens is 2. The Labute approximate surface area is 218 Å². The van der Waals surface area contributed by atoms with Crippen LogP contribution in [0.5, 0.6) is 0 Å². The maximum absolute atomic E-state index is 14.8. The number of carbonyl (C=O) groups is 1. The zero-order chi connectivity index (χ0) is 26.5. The fourth-order valence-corrected chi connectivity index (χ4v) is 5.65. The van der Waals surface area contributed by atoms with Gasteiger partial charge in [0.1, 0.15) is 5.82 Å². The molecule has 2 aromatic heterocycles. The third-order valence-electron chi connectivity index (χ3n) is 7.39. The molecule has 5 rings (SSSR count). The fraction of sp³-hybridized carbons (Fsp3) is 0.483. The Morgan fingerprint density at radius 2 is 2.00 bits per heavy atom. The predicted molar refractivity (Wildman–Crippen MR) is 147 cm³/mol. The second-order valence-electron chi connectivity index (χ2n) is 9.96. The molecule has 37 heavy (non-hydrogen) atoms. The maximum atomic E-state index is 14.8. The van der Waals surface area contributed by atoms with Crippen LogP contribution in [-0.4, -0.2) is 48.2 Å². The van der Waals surface area contributed by atoms with Gasteiger partial charge in [0, 0.05) is 37.8 Å². The Balaban J connectivity index is 0.00000156. The molecule has 2 fully saturated rings. The summed E-state index contributed by atoms with van der Waals surface area (Å²) in [6.45, 7) is 7.77. The highest BCUT2D eigenvalue weighted by atomic mass is 19.1. The van der Waals surface area contributed by atoms with Gasteiger partial charge in [-0.2, -0.15) is 0 Å². The number of carbonyl (C=O) groups excluding carboxylic acids is 1. The molecule has 2 aliphatic rings. The van der Waals surface area contributed by atoms with Crippen LogP contribution in [0.15, 0.2) is 42.9 Å². The summed E-state index contributed by atoms with van der Waals surface area (Å²) in [6.07, 6.45) is 9.11. The van der Waals surface area contributed by atoms with E-state index >= 15 is 0 Å². The zero-order valence-electron chi connectivity index (χ0n) is 22.2. The SMILES string of the molecule is CC.COC1CCN(c2cnc3c(C(=O)Nc4cnccc4C4CC(C)CC(N)C4)ccc(F)c3c2)C1. The van der Waals surface area contributed by atoms with Crippen LogP contribution in [0.2, 0.25) is 0 Å². The number of nitrogens with one attached hydrogen (secondary N) is 1. The molecule has 198 valence electrons. The number of nitrogens with zero attached hydrogens (tertiary/aromatic N) is 3. The van der Waals surface area contributed by atoms with Gasteiger partial charge in [-0.05, 0) is 67.3 Å². The van der Waals surface area contributed by atoms with Crippen LogP contribution in [-0.2, 0) is 4.74 Å². The average molecular weight is 508 g/mol. The van der Waals surface area contributed by atoms with E-state index in [9.17, 15) is 9.18 Å². The summed E-state index contributed by atoms with van der Waals surface area (Å²) >= 11 is 0. The maximum Gasteiger partial charge on any atom is 0.257 e. The summed E-state index contributed by atoms with van der Waals surface area (Å²) in [4.78, 5) is 24.3. The molecule has 0 spiro atoms. The van der Waals surface area contributed by atoms with Gasteiger partial charge in [0.05, 0.1) is 41.0 Å². The van der Waals surface area contributed by atoms with Crippen molar-refractivity contribution < 1.29 is 13.9 Å². The largest absolute Gasteiger partial charge is 0.380 e. The van der Waals surface area contributed by atoms with Gasteiger partial charge >= 0.3 is 0 Å². The minimum Gasteiger partial charge on any atom is -0.380 e. The standard InChI is InChI=1S/C27H32FN5O2.C2H6/c1-16-9-17(11-18(29)10-16)21-5-7-30-14-25(21)32-27(34)22-3-4-24(28)23-12-19(13-31-26(22)23)33-8-6-20(15-33)35-2;1-2/h3-5,7,12-14,16-18,20H,6,8-11,15,29H2,1-2H3,(H,32,34);1-2H3. The number of hydrogen-bond acceptors (Lipinski definition) is 6. The number of fused-ring (bicyclic) bond motifs is 1. The van der Waals surface area contributed by atoms with E-state index in [1.807, 2.05) is 19.9 Å². The average Bonchev–Trinajstić information content (AvgIpc) is 3.39. The van der Waals surface area contributed by atoms with Crippen LogP contribution in [0.25, 0.3) is 10.9 Å². The first-order valence-corrected chi connectivity index (χ1v) is 13.3. The van der Waals surface area contributed by atoms with Crippen molar-refractivity contribution in [3.05, 3.63) is 59.8 Å². The van der Waals surface area contributed by atoms with E-state index in [1.54, 1.807) is 31.8 Å². The highest BCUT2D eigenvalue weighted by molar-refractivity contribution is 6.12. The molecule has 0 bridgehead atoms. The molecule has 1 aliphatic heterocycles. The van der Waals surface area contributed by atoms with Crippen molar-refractivity contribution in [1.82, 2.24) is 9.97 Å². The smallest absolute Gasteiger partial charge is 0.257 e. The van der Waals surface area contributed by atoms with Gasteiger partial charge < -0.3 is 20.7 Å². The Bertz CT molecular complexity index is 1230. The molecule has 3 heterocycles. The lowest BCUT2D eigenvalue weighted by Gasteiger charge is -2.32. The fourth-order valence-electron chi connectivity index (χ4n) is 5.65. The van der Waals surface area contributed by atoms with E-state index in [0.29, 0.717) is 28.1 Å². The molecule has 3 aromatic rings. The molecule has 0 radical (unpaired) electrons. The molecule has 1 aromatic carbocycles. The highest BCUT2D eigenvalue weighted by Gasteiger charge is 2.28. The van der Waals surface area contributed by atoms with Gasteiger partial charge in [-0.25, -0.2) is 4.39 Å². The number of methoxy groups -OCH3 is 1. The minimum atomic E-state index is -0.402. The Hall–Kier alpha value is -3.10. The third-order valence-corrected chi connectivity index (χ3v) is 7.39. The van der Waals surface area contributed by atoms with Crippen molar-refractivity contribution in [3.63, 3.8) is 0 Å². The zero-order valence-corrected chi connectivity index (χ0v) is 22.2.